The number of nitrogen functional groups attached to an aromatic ring is 1. The Morgan fingerprint density at radius 1 is 1.53 bits per heavy atom. The summed E-state index contributed by atoms with van der Waals surface area (Å²) in [5.74, 6) is 0. The van der Waals surface area contributed by atoms with Crippen LogP contribution in [-0.4, -0.2) is 34.9 Å². The Hall–Kier alpha value is -1.17. The van der Waals surface area contributed by atoms with E-state index in [0.717, 1.165) is 0 Å². The summed E-state index contributed by atoms with van der Waals surface area (Å²) in [4.78, 5) is 3.95. The van der Waals surface area contributed by atoms with Gasteiger partial charge in [0, 0.05) is 6.20 Å². The molecule has 84 valence electrons. The Kier molecular flexibility index (Phi) is 4.48. The van der Waals surface area contributed by atoms with Crippen LogP contribution in [-0.2, 0) is 0 Å². The summed E-state index contributed by atoms with van der Waals surface area (Å²) in [5.41, 5.74) is 6.37. The van der Waals surface area contributed by atoms with Gasteiger partial charge < -0.3 is 21.3 Å². The molecule has 0 amide bonds. The molecule has 5 N–H and O–H groups in total. The Labute approximate surface area is 89.0 Å². The van der Waals surface area contributed by atoms with Crippen molar-refractivity contribution in [2.24, 2.45) is 0 Å². The van der Waals surface area contributed by atoms with Crippen LogP contribution >= 0.6 is 0 Å². The lowest BCUT2D eigenvalue weighted by Crippen LogP contribution is -2.24. The highest BCUT2D eigenvalue weighted by Gasteiger charge is 2.20. The van der Waals surface area contributed by atoms with Crippen molar-refractivity contribution in [1.29, 1.82) is 0 Å². The number of anilines is 1. The van der Waals surface area contributed by atoms with Crippen molar-refractivity contribution in [3.05, 3.63) is 24.0 Å². The molecular weight excluding hydrogens is 194 g/mol. The summed E-state index contributed by atoms with van der Waals surface area (Å²) in [5, 5.41) is 22.3. The highest BCUT2D eigenvalue weighted by Crippen LogP contribution is 2.21. The van der Waals surface area contributed by atoms with Gasteiger partial charge in [0.05, 0.1) is 17.5 Å². The van der Waals surface area contributed by atoms with Gasteiger partial charge in [0.2, 0.25) is 0 Å². The van der Waals surface area contributed by atoms with E-state index >= 15 is 0 Å². The van der Waals surface area contributed by atoms with E-state index in [1.165, 1.54) is 0 Å². The topological polar surface area (TPSA) is 91.4 Å². The molecule has 0 fully saturated rings. The molecule has 0 bridgehead atoms. The lowest BCUT2D eigenvalue weighted by molar-refractivity contribution is 0.0120. The summed E-state index contributed by atoms with van der Waals surface area (Å²) in [7, 11) is 1.79. The number of aliphatic hydroxyl groups excluding tert-OH is 2. The number of rotatable bonds is 5. The summed E-state index contributed by atoms with van der Waals surface area (Å²) >= 11 is 0. The molecule has 1 heterocycles. The van der Waals surface area contributed by atoms with E-state index in [-0.39, 0.29) is 0 Å². The number of nitrogens with one attached hydrogen (secondary N) is 1. The van der Waals surface area contributed by atoms with E-state index in [1.54, 1.807) is 25.4 Å². The van der Waals surface area contributed by atoms with Gasteiger partial charge in [-0.3, -0.25) is 4.98 Å². The SMILES string of the molecule is CNCCC(O)C(O)c1ncccc1N. The Morgan fingerprint density at radius 2 is 2.27 bits per heavy atom. The molecule has 0 saturated carbocycles. The smallest absolute Gasteiger partial charge is 0.124 e. The van der Waals surface area contributed by atoms with Crippen LogP contribution in [0.2, 0.25) is 0 Å². The summed E-state index contributed by atoms with van der Waals surface area (Å²) < 4.78 is 0. The van der Waals surface area contributed by atoms with E-state index in [1.807, 2.05) is 0 Å². The third-order valence-corrected chi connectivity index (χ3v) is 2.21. The van der Waals surface area contributed by atoms with Crippen molar-refractivity contribution >= 4 is 5.69 Å². The fourth-order valence-electron chi connectivity index (χ4n) is 1.31. The molecule has 0 aliphatic carbocycles. The maximum absolute atomic E-state index is 9.78. The maximum atomic E-state index is 9.78. The molecule has 0 aromatic carbocycles. The van der Waals surface area contributed by atoms with Crippen LogP contribution < -0.4 is 11.1 Å². The van der Waals surface area contributed by atoms with Gasteiger partial charge in [-0.05, 0) is 32.1 Å². The summed E-state index contributed by atoms with van der Waals surface area (Å²) in [6.45, 7) is 0.630. The van der Waals surface area contributed by atoms with Gasteiger partial charge >= 0.3 is 0 Å². The van der Waals surface area contributed by atoms with Gasteiger partial charge in [0.15, 0.2) is 0 Å². The zero-order valence-corrected chi connectivity index (χ0v) is 8.72. The van der Waals surface area contributed by atoms with Crippen molar-refractivity contribution in [2.75, 3.05) is 19.3 Å². The number of nitrogens with two attached hydrogens (primary N) is 1. The highest BCUT2D eigenvalue weighted by molar-refractivity contribution is 5.43. The molecular formula is C10H17N3O2. The van der Waals surface area contributed by atoms with Crippen molar-refractivity contribution in [2.45, 2.75) is 18.6 Å². The largest absolute Gasteiger partial charge is 0.397 e. The monoisotopic (exact) mass is 211 g/mol. The van der Waals surface area contributed by atoms with Crippen LogP contribution in [0.3, 0.4) is 0 Å². The minimum atomic E-state index is -1.03. The third-order valence-electron chi connectivity index (χ3n) is 2.21. The molecule has 0 aliphatic rings. The number of aromatic nitrogens is 1. The van der Waals surface area contributed by atoms with Crippen molar-refractivity contribution in [3.8, 4) is 0 Å². The third kappa shape index (κ3) is 3.16. The molecule has 1 rings (SSSR count). The van der Waals surface area contributed by atoms with Gasteiger partial charge in [-0.15, -0.1) is 0 Å². The van der Waals surface area contributed by atoms with Gasteiger partial charge in [0.25, 0.3) is 0 Å². The van der Waals surface area contributed by atoms with Crippen LogP contribution in [0.1, 0.15) is 18.2 Å². The molecule has 0 radical (unpaired) electrons. The first kappa shape index (κ1) is 11.9. The van der Waals surface area contributed by atoms with Crippen molar-refractivity contribution in [3.63, 3.8) is 0 Å². The molecule has 15 heavy (non-hydrogen) atoms. The van der Waals surface area contributed by atoms with Crippen LogP contribution in [0.25, 0.3) is 0 Å². The van der Waals surface area contributed by atoms with E-state index < -0.39 is 12.2 Å². The number of aliphatic hydroxyl groups is 2. The van der Waals surface area contributed by atoms with Crippen LogP contribution in [0.5, 0.6) is 0 Å². The minimum absolute atomic E-state index is 0.334. The number of hydrogen-bond donors (Lipinski definition) is 4. The summed E-state index contributed by atoms with van der Waals surface area (Å²) in [6.07, 6.45) is 0.113. The van der Waals surface area contributed by atoms with E-state index in [2.05, 4.69) is 10.3 Å². The zero-order chi connectivity index (χ0) is 11.3. The number of nitrogens with zero attached hydrogens (tertiary/aromatic N) is 1. The molecule has 1 aromatic heterocycles. The van der Waals surface area contributed by atoms with Crippen molar-refractivity contribution in [1.82, 2.24) is 10.3 Å². The Morgan fingerprint density at radius 3 is 2.87 bits per heavy atom. The lowest BCUT2D eigenvalue weighted by atomic mass is 10.1. The predicted molar refractivity (Wildman–Crippen MR) is 58.2 cm³/mol. The van der Waals surface area contributed by atoms with E-state index in [0.29, 0.717) is 24.3 Å². The minimum Gasteiger partial charge on any atom is -0.397 e. The molecule has 5 nitrogen and oxygen atoms in total. The predicted octanol–water partition coefficient (Wildman–Crippen LogP) is -0.332. The van der Waals surface area contributed by atoms with E-state index in [4.69, 9.17) is 5.73 Å². The normalized spacial score (nSPS) is 14.9. The molecule has 0 saturated heterocycles. The lowest BCUT2D eigenvalue weighted by Gasteiger charge is -2.18. The quantitative estimate of drug-likeness (QED) is 0.535. The van der Waals surface area contributed by atoms with Gasteiger partial charge in [0.1, 0.15) is 6.10 Å². The standard InChI is InChI=1S/C10H17N3O2/c1-12-6-4-8(14)10(15)9-7(11)3-2-5-13-9/h2-3,5,8,10,12,14-15H,4,6,11H2,1H3. The number of hydrogen-bond acceptors (Lipinski definition) is 5. The molecule has 2 unspecified atom stereocenters. The fourth-order valence-corrected chi connectivity index (χ4v) is 1.31. The average molecular weight is 211 g/mol. The van der Waals surface area contributed by atoms with Crippen molar-refractivity contribution < 1.29 is 10.2 Å². The maximum Gasteiger partial charge on any atom is 0.124 e. The zero-order valence-electron chi connectivity index (χ0n) is 8.72. The van der Waals surface area contributed by atoms with Gasteiger partial charge in [-0.2, -0.15) is 0 Å². The van der Waals surface area contributed by atoms with Gasteiger partial charge in [-0.25, -0.2) is 0 Å². The van der Waals surface area contributed by atoms with Crippen LogP contribution in [0, 0.1) is 0 Å². The second kappa shape index (κ2) is 5.65. The second-order valence-corrected chi connectivity index (χ2v) is 3.38. The first-order chi connectivity index (χ1) is 7.16. The Balaban J connectivity index is 2.67. The highest BCUT2D eigenvalue weighted by atomic mass is 16.3. The van der Waals surface area contributed by atoms with Crippen LogP contribution in [0.15, 0.2) is 18.3 Å². The summed E-state index contributed by atoms with van der Waals surface area (Å²) in [6, 6.07) is 3.34. The molecule has 0 spiro atoms. The van der Waals surface area contributed by atoms with Gasteiger partial charge in [-0.1, -0.05) is 0 Å². The first-order valence-electron chi connectivity index (χ1n) is 4.88. The van der Waals surface area contributed by atoms with E-state index in [9.17, 15) is 10.2 Å². The van der Waals surface area contributed by atoms with Crippen LogP contribution in [0.4, 0.5) is 5.69 Å². The second-order valence-electron chi connectivity index (χ2n) is 3.38. The fraction of sp³-hybridized carbons (Fsp3) is 0.500. The number of pyridine rings is 1. The molecule has 5 heteroatoms. The molecule has 2 atom stereocenters. The average Bonchev–Trinajstić information content (AvgIpc) is 2.25. The first-order valence-corrected chi connectivity index (χ1v) is 4.88. The molecule has 1 aromatic rings. The Bertz CT molecular complexity index is 306. The molecule has 0 aliphatic heterocycles.